The van der Waals surface area contributed by atoms with Crippen LogP contribution >= 0.6 is 0 Å². The number of carbonyl (C=O) groups excluding carboxylic acids is 1. The van der Waals surface area contributed by atoms with Gasteiger partial charge in [0.15, 0.2) is 0 Å². The standard InChI is InChI=1S/C12H22O/c1-3-5-6-7-8-9-10-12(4-2)11-13/h8-9,11-12H,3-7,10H2,1-2H3. The molecular weight excluding hydrogens is 160 g/mol. The second-order valence-corrected chi connectivity index (χ2v) is 3.51. The summed E-state index contributed by atoms with van der Waals surface area (Å²) in [5.41, 5.74) is 0. The fourth-order valence-electron chi connectivity index (χ4n) is 1.22. The second kappa shape index (κ2) is 9.50. The fraction of sp³-hybridized carbons (Fsp3) is 0.750. The van der Waals surface area contributed by atoms with Gasteiger partial charge >= 0.3 is 0 Å². The van der Waals surface area contributed by atoms with Crippen LogP contribution in [0, 0.1) is 5.92 Å². The molecular formula is C12H22O. The molecule has 76 valence electrons. The Morgan fingerprint density at radius 1 is 1.15 bits per heavy atom. The molecule has 0 saturated carbocycles. The summed E-state index contributed by atoms with van der Waals surface area (Å²) in [5.74, 6) is 0.238. The molecule has 1 nitrogen and oxygen atoms in total. The van der Waals surface area contributed by atoms with E-state index in [0.717, 1.165) is 19.1 Å². The number of rotatable bonds is 8. The highest BCUT2D eigenvalue weighted by atomic mass is 16.1. The quantitative estimate of drug-likeness (QED) is 0.317. The highest BCUT2D eigenvalue weighted by Gasteiger charge is 1.99. The summed E-state index contributed by atoms with van der Waals surface area (Å²) in [4.78, 5) is 10.5. The van der Waals surface area contributed by atoms with Crippen LogP contribution in [0.3, 0.4) is 0 Å². The van der Waals surface area contributed by atoms with Crippen LogP contribution in [0.1, 0.15) is 52.4 Å². The van der Waals surface area contributed by atoms with Gasteiger partial charge < -0.3 is 4.79 Å². The Bertz CT molecular complexity index is 138. The van der Waals surface area contributed by atoms with Gasteiger partial charge in [-0.25, -0.2) is 0 Å². The minimum absolute atomic E-state index is 0.238. The highest BCUT2D eigenvalue weighted by Crippen LogP contribution is 2.06. The minimum atomic E-state index is 0.238. The predicted octanol–water partition coefficient (Wildman–Crippen LogP) is 3.74. The molecule has 0 heterocycles. The van der Waals surface area contributed by atoms with E-state index in [0.29, 0.717) is 0 Å². The summed E-state index contributed by atoms with van der Waals surface area (Å²) in [6.45, 7) is 4.27. The summed E-state index contributed by atoms with van der Waals surface area (Å²) in [7, 11) is 0. The van der Waals surface area contributed by atoms with Gasteiger partial charge in [0.1, 0.15) is 6.29 Å². The Kier molecular flexibility index (Phi) is 9.07. The Morgan fingerprint density at radius 2 is 1.92 bits per heavy atom. The number of hydrogen-bond donors (Lipinski definition) is 0. The lowest BCUT2D eigenvalue weighted by Crippen LogP contribution is -1.97. The summed E-state index contributed by atoms with van der Waals surface area (Å²) < 4.78 is 0. The molecule has 0 N–H and O–H groups in total. The van der Waals surface area contributed by atoms with E-state index in [4.69, 9.17) is 0 Å². The molecule has 0 aromatic carbocycles. The molecule has 0 aliphatic heterocycles. The Hall–Kier alpha value is -0.590. The topological polar surface area (TPSA) is 17.1 Å². The predicted molar refractivity (Wildman–Crippen MR) is 57.7 cm³/mol. The molecule has 0 bridgehead atoms. The number of aldehydes is 1. The first-order valence-corrected chi connectivity index (χ1v) is 5.45. The molecule has 0 spiro atoms. The van der Waals surface area contributed by atoms with Gasteiger partial charge in [-0.15, -0.1) is 0 Å². The zero-order valence-corrected chi connectivity index (χ0v) is 8.96. The van der Waals surface area contributed by atoms with Crippen LogP contribution in [0.2, 0.25) is 0 Å². The average molecular weight is 182 g/mol. The van der Waals surface area contributed by atoms with Crippen LogP contribution in [0.15, 0.2) is 12.2 Å². The van der Waals surface area contributed by atoms with Crippen molar-refractivity contribution in [2.24, 2.45) is 5.92 Å². The van der Waals surface area contributed by atoms with Crippen LogP contribution in [-0.2, 0) is 4.79 Å². The molecule has 0 fully saturated rings. The van der Waals surface area contributed by atoms with Crippen LogP contribution in [0.25, 0.3) is 0 Å². The molecule has 0 aromatic rings. The third kappa shape index (κ3) is 7.76. The second-order valence-electron chi connectivity index (χ2n) is 3.51. The SMILES string of the molecule is CCCCCC=CCC(C=O)CC. The number of allylic oxidation sites excluding steroid dienone is 2. The molecule has 0 amide bonds. The van der Waals surface area contributed by atoms with Crippen molar-refractivity contribution in [1.82, 2.24) is 0 Å². The van der Waals surface area contributed by atoms with Gasteiger partial charge in [0.05, 0.1) is 0 Å². The first-order chi connectivity index (χ1) is 6.35. The summed E-state index contributed by atoms with van der Waals surface area (Å²) >= 11 is 0. The van der Waals surface area contributed by atoms with Crippen molar-refractivity contribution in [3.05, 3.63) is 12.2 Å². The molecule has 0 aromatic heterocycles. The Balaban J connectivity index is 3.33. The van der Waals surface area contributed by atoms with Crippen molar-refractivity contribution in [2.75, 3.05) is 0 Å². The smallest absolute Gasteiger partial charge is 0.123 e. The van der Waals surface area contributed by atoms with Crippen LogP contribution in [0.5, 0.6) is 0 Å². The van der Waals surface area contributed by atoms with Crippen molar-refractivity contribution in [1.29, 1.82) is 0 Å². The first kappa shape index (κ1) is 12.4. The van der Waals surface area contributed by atoms with Crippen molar-refractivity contribution in [3.63, 3.8) is 0 Å². The molecule has 0 aliphatic rings. The van der Waals surface area contributed by atoms with Crippen molar-refractivity contribution >= 4 is 6.29 Å². The van der Waals surface area contributed by atoms with Crippen molar-refractivity contribution in [2.45, 2.75) is 52.4 Å². The third-order valence-corrected chi connectivity index (χ3v) is 2.30. The molecule has 1 atom stereocenters. The third-order valence-electron chi connectivity index (χ3n) is 2.30. The maximum atomic E-state index is 10.5. The Morgan fingerprint density at radius 3 is 2.46 bits per heavy atom. The lowest BCUT2D eigenvalue weighted by Gasteiger charge is -2.00. The number of unbranched alkanes of at least 4 members (excludes halogenated alkanes) is 3. The van der Waals surface area contributed by atoms with Gasteiger partial charge in [-0.05, 0) is 25.7 Å². The van der Waals surface area contributed by atoms with E-state index in [1.807, 2.05) is 0 Å². The number of carbonyl (C=O) groups is 1. The van der Waals surface area contributed by atoms with Gasteiger partial charge in [0.2, 0.25) is 0 Å². The maximum Gasteiger partial charge on any atom is 0.123 e. The lowest BCUT2D eigenvalue weighted by atomic mass is 10.0. The summed E-state index contributed by atoms with van der Waals surface area (Å²) in [6.07, 6.45) is 12.4. The highest BCUT2D eigenvalue weighted by molar-refractivity contribution is 5.53. The molecule has 0 radical (unpaired) electrons. The average Bonchev–Trinajstić information content (AvgIpc) is 2.17. The monoisotopic (exact) mass is 182 g/mol. The maximum absolute atomic E-state index is 10.5. The van der Waals surface area contributed by atoms with Gasteiger partial charge in [0.25, 0.3) is 0 Å². The van der Waals surface area contributed by atoms with Crippen LogP contribution in [0.4, 0.5) is 0 Å². The minimum Gasteiger partial charge on any atom is -0.303 e. The van der Waals surface area contributed by atoms with E-state index in [1.165, 1.54) is 25.7 Å². The summed E-state index contributed by atoms with van der Waals surface area (Å²) in [5, 5.41) is 0. The molecule has 0 aliphatic carbocycles. The van der Waals surface area contributed by atoms with Crippen molar-refractivity contribution < 1.29 is 4.79 Å². The van der Waals surface area contributed by atoms with E-state index >= 15 is 0 Å². The van der Waals surface area contributed by atoms with E-state index in [1.54, 1.807) is 0 Å². The first-order valence-electron chi connectivity index (χ1n) is 5.45. The van der Waals surface area contributed by atoms with Gasteiger partial charge in [-0.2, -0.15) is 0 Å². The molecule has 1 unspecified atom stereocenters. The molecule has 0 saturated heterocycles. The van der Waals surface area contributed by atoms with Crippen LogP contribution < -0.4 is 0 Å². The lowest BCUT2D eigenvalue weighted by molar-refractivity contribution is -0.111. The van der Waals surface area contributed by atoms with Crippen LogP contribution in [-0.4, -0.2) is 6.29 Å². The van der Waals surface area contributed by atoms with Gasteiger partial charge in [0, 0.05) is 5.92 Å². The zero-order valence-electron chi connectivity index (χ0n) is 8.96. The molecule has 13 heavy (non-hydrogen) atoms. The van der Waals surface area contributed by atoms with Gasteiger partial charge in [-0.3, -0.25) is 0 Å². The van der Waals surface area contributed by atoms with E-state index in [-0.39, 0.29) is 5.92 Å². The summed E-state index contributed by atoms with van der Waals surface area (Å²) in [6, 6.07) is 0. The van der Waals surface area contributed by atoms with E-state index in [2.05, 4.69) is 26.0 Å². The van der Waals surface area contributed by atoms with Gasteiger partial charge in [-0.1, -0.05) is 38.8 Å². The fourth-order valence-corrected chi connectivity index (χ4v) is 1.22. The van der Waals surface area contributed by atoms with E-state index in [9.17, 15) is 4.79 Å². The normalized spacial score (nSPS) is 13.4. The largest absolute Gasteiger partial charge is 0.303 e. The van der Waals surface area contributed by atoms with E-state index < -0.39 is 0 Å². The number of hydrogen-bond acceptors (Lipinski definition) is 1. The molecule has 1 heteroatoms. The Labute approximate surface area is 82.2 Å². The van der Waals surface area contributed by atoms with Crippen molar-refractivity contribution in [3.8, 4) is 0 Å². The zero-order chi connectivity index (χ0) is 9.94. The molecule has 0 rings (SSSR count).